The molecule has 2 N–H and O–H groups in total. The summed E-state index contributed by atoms with van der Waals surface area (Å²) < 4.78 is 0. The summed E-state index contributed by atoms with van der Waals surface area (Å²) in [6.07, 6.45) is 7.48. The van der Waals surface area contributed by atoms with E-state index in [1.165, 1.54) is 0 Å². The standard InChI is InChI=1S/C12H18N2O3/c1-3-7-13-11(15)9(2)14-8-5-4-6-10(14)12(16)17/h1,9-10H,4-8H2,2H3,(H,13,15)(H,16,17). The zero-order chi connectivity index (χ0) is 12.8. The number of nitrogens with zero attached hydrogens (tertiary/aromatic N) is 1. The van der Waals surface area contributed by atoms with Gasteiger partial charge in [-0.15, -0.1) is 6.42 Å². The fourth-order valence-corrected chi connectivity index (χ4v) is 2.12. The third-order valence-electron chi connectivity index (χ3n) is 3.07. The van der Waals surface area contributed by atoms with Crippen molar-refractivity contribution in [3.63, 3.8) is 0 Å². The maximum atomic E-state index is 11.7. The number of aliphatic carboxylic acids is 1. The molecular formula is C12H18N2O3. The molecule has 0 bridgehead atoms. The highest BCUT2D eigenvalue weighted by molar-refractivity contribution is 5.83. The summed E-state index contributed by atoms with van der Waals surface area (Å²) in [5.74, 6) is 1.25. The van der Waals surface area contributed by atoms with Gasteiger partial charge in [0.15, 0.2) is 0 Å². The van der Waals surface area contributed by atoms with Crippen LogP contribution in [0, 0.1) is 12.3 Å². The normalized spacial score (nSPS) is 22.5. The monoisotopic (exact) mass is 238 g/mol. The van der Waals surface area contributed by atoms with Crippen molar-refractivity contribution in [2.75, 3.05) is 13.1 Å². The van der Waals surface area contributed by atoms with Crippen LogP contribution in [0.1, 0.15) is 26.2 Å². The number of carbonyl (C=O) groups excluding carboxylic acids is 1. The van der Waals surface area contributed by atoms with Crippen LogP contribution in [-0.4, -0.2) is 47.1 Å². The number of rotatable bonds is 4. The van der Waals surface area contributed by atoms with E-state index in [0.29, 0.717) is 13.0 Å². The molecule has 1 aliphatic heterocycles. The SMILES string of the molecule is C#CCNC(=O)C(C)N1CCCCC1C(=O)O. The van der Waals surface area contributed by atoms with E-state index in [9.17, 15) is 9.59 Å². The van der Waals surface area contributed by atoms with Crippen LogP contribution in [-0.2, 0) is 9.59 Å². The molecule has 1 aliphatic rings. The predicted molar refractivity (Wildman–Crippen MR) is 63.3 cm³/mol. The van der Waals surface area contributed by atoms with Crippen LogP contribution in [0.15, 0.2) is 0 Å². The fraction of sp³-hybridized carbons (Fsp3) is 0.667. The van der Waals surface area contributed by atoms with Crippen LogP contribution >= 0.6 is 0 Å². The Labute approximate surface area is 101 Å². The summed E-state index contributed by atoms with van der Waals surface area (Å²) >= 11 is 0. The molecule has 0 saturated carbocycles. The molecule has 1 fully saturated rings. The number of nitrogens with one attached hydrogen (secondary N) is 1. The highest BCUT2D eigenvalue weighted by atomic mass is 16.4. The van der Waals surface area contributed by atoms with Crippen molar-refractivity contribution >= 4 is 11.9 Å². The van der Waals surface area contributed by atoms with Crippen LogP contribution in [0.5, 0.6) is 0 Å². The fourth-order valence-electron chi connectivity index (χ4n) is 2.12. The maximum Gasteiger partial charge on any atom is 0.320 e. The number of piperidine rings is 1. The molecule has 1 heterocycles. The van der Waals surface area contributed by atoms with E-state index in [1.54, 1.807) is 11.8 Å². The van der Waals surface area contributed by atoms with E-state index in [-0.39, 0.29) is 12.5 Å². The molecule has 0 aliphatic carbocycles. The Hall–Kier alpha value is -1.54. The lowest BCUT2D eigenvalue weighted by molar-refractivity contribution is -0.147. The number of hydrogen-bond acceptors (Lipinski definition) is 3. The summed E-state index contributed by atoms with van der Waals surface area (Å²) in [7, 11) is 0. The largest absolute Gasteiger partial charge is 0.480 e. The van der Waals surface area contributed by atoms with Crippen LogP contribution in [0.2, 0.25) is 0 Å². The number of carbonyl (C=O) groups is 2. The molecular weight excluding hydrogens is 220 g/mol. The molecule has 0 aromatic rings. The molecule has 17 heavy (non-hydrogen) atoms. The summed E-state index contributed by atoms with van der Waals surface area (Å²) in [6.45, 7) is 2.53. The minimum atomic E-state index is -0.860. The second-order valence-corrected chi connectivity index (χ2v) is 4.19. The van der Waals surface area contributed by atoms with E-state index in [4.69, 9.17) is 11.5 Å². The van der Waals surface area contributed by atoms with Gasteiger partial charge >= 0.3 is 5.97 Å². The van der Waals surface area contributed by atoms with E-state index in [2.05, 4.69) is 11.2 Å². The quantitative estimate of drug-likeness (QED) is 0.680. The molecule has 5 heteroatoms. The van der Waals surface area contributed by atoms with Crippen LogP contribution < -0.4 is 5.32 Å². The topological polar surface area (TPSA) is 69.6 Å². The van der Waals surface area contributed by atoms with Gasteiger partial charge in [0.05, 0.1) is 12.6 Å². The third-order valence-corrected chi connectivity index (χ3v) is 3.07. The van der Waals surface area contributed by atoms with Crippen LogP contribution in [0.4, 0.5) is 0 Å². The molecule has 0 aromatic carbocycles. The van der Waals surface area contributed by atoms with Gasteiger partial charge in [-0.2, -0.15) is 0 Å². The molecule has 5 nitrogen and oxygen atoms in total. The molecule has 0 aromatic heterocycles. The van der Waals surface area contributed by atoms with E-state index in [0.717, 1.165) is 12.8 Å². The van der Waals surface area contributed by atoms with Crippen molar-refractivity contribution in [3.05, 3.63) is 0 Å². The number of hydrogen-bond donors (Lipinski definition) is 2. The summed E-state index contributed by atoms with van der Waals surface area (Å²) in [5, 5.41) is 11.7. The minimum Gasteiger partial charge on any atom is -0.480 e. The minimum absolute atomic E-state index is 0.175. The lowest BCUT2D eigenvalue weighted by Crippen LogP contribution is -2.54. The number of carboxylic acid groups (broad SMARTS) is 1. The lowest BCUT2D eigenvalue weighted by Gasteiger charge is -2.36. The average molecular weight is 238 g/mol. The number of terminal acetylenes is 1. The van der Waals surface area contributed by atoms with Crippen molar-refractivity contribution in [2.24, 2.45) is 0 Å². The summed E-state index contributed by atoms with van der Waals surface area (Å²) in [4.78, 5) is 24.6. The zero-order valence-corrected chi connectivity index (χ0v) is 9.98. The number of likely N-dealkylation sites (tertiary alicyclic amines) is 1. The number of carboxylic acids is 1. The van der Waals surface area contributed by atoms with Gasteiger partial charge < -0.3 is 10.4 Å². The molecule has 1 rings (SSSR count). The Kier molecular flexibility index (Phi) is 4.98. The Bertz CT molecular complexity index is 335. The van der Waals surface area contributed by atoms with Gasteiger partial charge in [0, 0.05) is 0 Å². The Morgan fingerprint density at radius 1 is 1.59 bits per heavy atom. The smallest absolute Gasteiger partial charge is 0.320 e. The van der Waals surface area contributed by atoms with Crippen molar-refractivity contribution in [1.29, 1.82) is 0 Å². The second-order valence-electron chi connectivity index (χ2n) is 4.19. The van der Waals surface area contributed by atoms with Gasteiger partial charge in [-0.3, -0.25) is 14.5 Å². The van der Waals surface area contributed by atoms with Gasteiger partial charge in [0.1, 0.15) is 6.04 Å². The molecule has 2 unspecified atom stereocenters. The summed E-state index contributed by atoms with van der Waals surface area (Å²) in [5.41, 5.74) is 0. The van der Waals surface area contributed by atoms with E-state index >= 15 is 0 Å². The van der Waals surface area contributed by atoms with Crippen LogP contribution in [0.25, 0.3) is 0 Å². The predicted octanol–water partition coefficient (Wildman–Crippen LogP) is 0.0634. The first-order chi connectivity index (χ1) is 8.07. The summed E-state index contributed by atoms with van der Waals surface area (Å²) in [6, 6.07) is -1.01. The Balaban J connectivity index is 2.64. The number of amides is 1. The van der Waals surface area contributed by atoms with Gasteiger partial charge in [0.2, 0.25) is 5.91 Å². The van der Waals surface area contributed by atoms with Crippen molar-refractivity contribution in [1.82, 2.24) is 10.2 Å². The molecule has 2 atom stereocenters. The first-order valence-corrected chi connectivity index (χ1v) is 5.77. The maximum absolute atomic E-state index is 11.7. The molecule has 1 saturated heterocycles. The van der Waals surface area contributed by atoms with Crippen molar-refractivity contribution in [3.8, 4) is 12.3 Å². The van der Waals surface area contributed by atoms with Gasteiger partial charge in [0.25, 0.3) is 0 Å². The van der Waals surface area contributed by atoms with Gasteiger partial charge in [-0.1, -0.05) is 12.3 Å². The average Bonchev–Trinajstić information content (AvgIpc) is 2.34. The molecule has 0 radical (unpaired) electrons. The lowest BCUT2D eigenvalue weighted by atomic mass is 10.00. The van der Waals surface area contributed by atoms with E-state index in [1.807, 2.05) is 0 Å². The second kappa shape index (κ2) is 6.26. The highest BCUT2D eigenvalue weighted by Gasteiger charge is 2.34. The van der Waals surface area contributed by atoms with E-state index < -0.39 is 18.1 Å². The first-order valence-electron chi connectivity index (χ1n) is 5.77. The highest BCUT2D eigenvalue weighted by Crippen LogP contribution is 2.19. The zero-order valence-electron chi connectivity index (χ0n) is 9.98. The molecule has 1 amide bonds. The van der Waals surface area contributed by atoms with Gasteiger partial charge in [-0.25, -0.2) is 0 Å². The molecule has 0 spiro atoms. The Morgan fingerprint density at radius 2 is 2.29 bits per heavy atom. The third kappa shape index (κ3) is 3.46. The Morgan fingerprint density at radius 3 is 2.88 bits per heavy atom. The van der Waals surface area contributed by atoms with Gasteiger partial charge in [-0.05, 0) is 26.3 Å². The van der Waals surface area contributed by atoms with Crippen molar-refractivity contribution in [2.45, 2.75) is 38.3 Å². The first kappa shape index (κ1) is 13.5. The van der Waals surface area contributed by atoms with Crippen molar-refractivity contribution < 1.29 is 14.7 Å². The van der Waals surface area contributed by atoms with Crippen LogP contribution in [0.3, 0.4) is 0 Å². The molecule has 94 valence electrons.